The van der Waals surface area contributed by atoms with E-state index in [4.69, 9.17) is 21.7 Å². The fourth-order valence-corrected chi connectivity index (χ4v) is 3.17. The van der Waals surface area contributed by atoms with Gasteiger partial charge in [0.2, 0.25) is 0 Å². The van der Waals surface area contributed by atoms with Gasteiger partial charge in [0.15, 0.2) is 5.11 Å². The standard InChI is InChI=1S/C23H29BrN2O3S/c1-5-16(4)29-19-8-6-7-18(14-19)25-23(30)26-22(27)17-9-10-21(20(24)13-17)28-12-11-15(2)3/h6-10,13-16H,5,11-12H2,1-4H3,(H2,25,26,27,30). The molecule has 0 bridgehead atoms. The third-order valence-corrected chi connectivity index (χ3v) is 5.20. The highest BCUT2D eigenvalue weighted by molar-refractivity contribution is 9.10. The molecule has 1 atom stereocenters. The lowest BCUT2D eigenvalue weighted by Crippen LogP contribution is -2.34. The summed E-state index contributed by atoms with van der Waals surface area (Å²) in [6, 6.07) is 12.7. The molecule has 2 rings (SSSR count). The van der Waals surface area contributed by atoms with E-state index in [-0.39, 0.29) is 17.1 Å². The first kappa shape index (κ1) is 24.2. The van der Waals surface area contributed by atoms with Crippen LogP contribution in [0.4, 0.5) is 5.69 Å². The van der Waals surface area contributed by atoms with Gasteiger partial charge in [-0.1, -0.05) is 26.8 Å². The van der Waals surface area contributed by atoms with Crippen LogP contribution in [0.15, 0.2) is 46.9 Å². The quantitative estimate of drug-likeness (QED) is 0.409. The fourth-order valence-electron chi connectivity index (χ4n) is 2.46. The molecule has 2 aromatic rings. The molecule has 0 fully saturated rings. The second kappa shape index (κ2) is 11.9. The number of rotatable bonds is 9. The van der Waals surface area contributed by atoms with Crippen molar-refractivity contribution < 1.29 is 14.3 Å². The number of amides is 1. The van der Waals surface area contributed by atoms with Gasteiger partial charge < -0.3 is 14.8 Å². The Kier molecular flexibility index (Phi) is 9.59. The highest BCUT2D eigenvalue weighted by atomic mass is 79.9. The largest absolute Gasteiger partial charge is 0.492 e. The minimum absolute atomic E-state index is 0.127. The summed E-state index contributed by atoms with van der Waals surface area (Å²) < 4.78 is 12.3. The topological polar surface area (TPSA) is 59.6 Å². The maximum absolute atomic E-state index is 12.5. The van der Waals surface area contributed by atoms with E-state index in [2.05, 4.69) is 47.3 Å². The van der Waals surface area contributed by atoms with Gasteiger partial charge in [0.25, 0.3) is 5.91 Å². The second-order valence-electron chi connectivity index (χ2n) is 7.45. The molecule has 0 aliphatic rings. The van der Waals surface area contributed by atoms with E-state index < -0.39 is 0 Å². The summed E-state index contributed by atoms with van der Waals surface area (Å²) in [5.74, 6) is 1.74. The van der Waals surface area contributed by atoms with Crippen molar-refractivity contribution in [1.82, 2.24) is 5.32 Å². The molecule has 0 saturated carbocycles. The number of carbonyl (C=O) groups excluding carboxylic acids is 1. The fraction of sp³-hybridized carbons (Fsp3) is 0.391. The Morgan fingerprint density at radius 2 is 1.93 bits per heavy atom. The highest BCUT2D eigenvalue weighted by Gasteiger charge is 2.12. The van der Waals surface area contributed by atoms with Crippen molar-refractivity contribution in [3.8, 4) is 11.5 Å². The summed E-state index contributed by atoms with van der Waals surface area (Å²) in [6.45, 7) is 9.02. The van der Waals surface area contributed by atoms with Crippen LogP contribution in [0.1, 0.15) is 50.9 Å². The van der Waals surface area contributed by atoms with E-state index in [9.17, 15) is 4.79 Å². The summed E-state index contributed by atoms with van der Waals surface area (Å²) in [4.78, 5) is 12.5. The number of benzene rings is 2. The first-order valence-corrected chi connectivity index (χ1v) is 11.3. The minimum atomic E-state index is -0.297. The lowest BCUT2D eigenvalue weighted by molar-refractivity contribution is 0.0977. The molecule has 0 aromatic heterocycles. The summed E-state index contributed by atoms with van der Waals surface area (Å²) in [6.07, 6.45) is 2.02. The number of carbonyl (C=O) groups is 1. The zero-order chi connectivity index (χ0) is 22.1. The number of hydrogen-bond acceptors (Lipinski definition) is 4. The zero-order valence-electron chi connectivity index (χ0n) is 17.8. The van der Waals surface area contributed by atoms with Gasteiger partial charge in [-0.05, 0) is 84.2 Å². The molecule has 0 spiro atoms. The molecule has 0 aliphatic heterocycles. The van der Waals surface area contributed by atoms with Crippen molar-refractivity contribution in [2.24, 2.45) is 5.92 Å². The van der Waals surface area contributed by atoms with Gasteiger partial charge >= 0.3 is 0 Å². The summed E-state index contributed by atoms with van der Waals surface area (Å²) in [5, 5.41) is 5.94. The molecule has 1 unspecified atom stereocenters. The third kappa shape index (κ3) is 7.95. The van der Waals surface area contributed by atoms with E-state index in [1.807, 2.05) is 31.2 Å². The molecular weight excluding hydrogens is 464 g/mol. The summed E-state index contributed by atoms with van der Waals surface area (Å²) >= 11 is 8.75. The molecular formula is C23H29BrN2O3S. The number of halogens is 1. The van der Waals surface area contributed by atoms with Crippen LogP contribution in [-0.4, -0.2) is 23.7 Å². The Labute approximate surface area is 192 Å². The average Bonchev–Trinajstić information content (AvgIpc) is 2.68. The molecule has 0 aliphatic carbocycles. The Hall–Kier alpha value is -2.12. The van der Waals surface area contributed by atoms with Gasteiger partial charge in [0, 0.05) is 17.3 Å². The lowest BCUT2D eigenvalue weighted by atomic mass is 10.1. The van der Waals surface area contributed by atoms with Gasteiger partial charge in [0.1, 0.15) is 11.5 Å². The lowest BCUT2D eigenvalue weighted by Gasteiger charge is -2.15. The smallest absolute Gasteiger partial charge is 0.257 e. The van der Waals surface area contributed by atoms with Crippen molar-refractivity contribution in [2.45, 2.75) is 46.6 Å². The molecule has 7 heteroatoms. The van der Waals surface area contributed by atoms with Crippen LogP contribution < -0.4 is 20.1 Å². The van der Waals surface area contributed by atoms with E-state index in [0.29, 0.717) is 23.8 Å². The van der Waals surface area contributed by atoms with Crippen LogP contribution in [0.5, 0.6) is 11.5 Å². The summed E-state index contributed by atoms with van der Waals surface area (Å²) in [7, 11) is 0. The van der Waals surface area contributed by atoms with E-state index >= 15 is 0 Å². The Morgan fingerprint density at radius 3 is 2.60 bits per heavy atom. The van der Waals surface area contributed by atoms with Crippen molar-refractivity contribution in [3.05, 3.63) is 52.5 Å². The normalized spacial score (nSPS) is 11.7. The number of ether oxygens (including phenoxy) is 2. The molecule has 162 valence electrons. The van der Waals surface area contributed by atoms with Crippen LogP contribution in [0, 0.1) is 5.92 Å². The van der Waals surface area contributed by atoms with Crippen molar-refractivity contribution in [1.29, 1.82) is 0 Å². The third-order valence-electron chi connectivity index (χ3n) is 4.38. The molecule has 2 N–H and O–H groups in total. The van der Waals surface area contributed by atoms with Crippen molar-refractivity contribution >= 4 is 44.9 Å². The van der Waals surface area contributed by atoms with Gasteiger partial charge in [-0.25, -0.2) is 0 Å². The van der Waals surface area contributed by atoms with Crippen LogP contribution in [-0.2, 0) is 0 Å². The maximum Gasteiger partial charge on any atom is 0.257 e. The highest BCUT2D eigenvalue weighted by Crippen LogP contribution is 2.26. The predicted molar refractivity (Wildman–Crippen MR) is 130 cm³/mol. The van der Waals surface area contributed by atoms with E-state index in [1.165, 1.54) is 0 Å². The summed E-state index contributed by atoms with van der Waals surface area (Å²) in [5.41, 5.74) is 1.23. The molecule has 1 amide bonds. The van der Waals surface area contributed by atoms with E-state index in [0.717, 1.165) is 28.8 Å². The second-order valence-corrected chi connectivity index (χ2v) is 8.71. The monoisotopic (exact) mass is 492 g/mol. The van der Waals surface area contributed by atoms with Gasteiger partial charge in [0.05, 0.1) is 17.2 Å². The number of nitrogens with one attached hydrogen (secondary N) is 2. The Balaban J connectivity index is 1.93. The number of thiocarbonyl (C=S) groups is 1. The molecule has 0 saturated heterocycles. The van der Waals surface area contributed by atoms with Crippen molar-refractivity contribution in [3.63, 3.8) is 0 Å². The Bertz CT molecular complexity index is 873. The molecule has 0 heterocycles. The zero-order valence-corrected chi connectivity index (χ0v) is 20.2. The van der Waals surface area contributed by atoms with Crippen LogP contribution >= 0.6 is 28.1 Å². The first-order chi connectivity index (χ1) is 14.3. The first-order valence-electron chi connectivity index (χ1n) is 10.1. The average molecular weight is 493 g/mol. The minimum Gasteiger partial charge on any atom is -0.492 e. The van der Waals surface area contributed by atoms with Gasteiger partial charge in [-0.2, -0.15) is 0 Å². The van der Waals surface area contributed by atoms with Gasteiger partial charge in [-0.15, -0.1) is 0 Å². The van der Waals surface area contributed by atoms with Crippen LogP contribution in [0.25, 0.3) is 0 Å². The van der Waals surface area contributed by atoms with Gasteiger partial charge in [-0.3, -0.25) is 10.1 Å². The maximum atomic E-state index is 12.5. The number of hydrogen-bond donors (Lipinski definition) is 2. The Morgan fingerprint density at radius 1 is 1.17 bits per heavy atom. The molecule has 0 radical (unpaired) electrons. The molecule has 2 aromatic carbocycles. The van der Waals surface area contributed by atoms with Crippen LogP contribution in [0.2, 0.25) is 0 Å². The molecule has 5 nitrogen and oxygen atoms in total. The van der Waals surface area contributed by atoms with Crippen LogP contribution in [0.3, 0.4) is 0 Å². The van der Waals surface area contributed by atoms with Crippen molar-refractivity contribution in [2.75, 3.05) is 11.9 Å². The molecule has 30 heavy (non-hydrogen) atoms. The SMILES string of the molecule is CCC(C)Oc1cccc(NC(=S)NC(=O)c2ccc(OCCC(C)C)c(Br)c2)c1. The van der Waals surface area contributed by atoms with E-state index in [1.54, 1.807) is 18.2 Å². The predicted octanol–water partition coefficient (Wildman–Crippen LogP) is 6.18. The number of anilines is 1.